The Morgan fingerprint density at radius 3 is 2.93 bits per heavy atom. The van der Waals surface area contributed by atoms with Crippen molar-refractivity contribution in [2.45, 2.75) is 26.3 Å². The molecule has 5 heteroatoms. The van der Waals surface area contributed by atoms with Gasteiger partial charge in [0.05, 0.1) is 6.61 Å². The minimum absolute atomic E-state index is 0.0825. The number of rotatable bonds is 3. The van der Waals surface area contributed by atoms with Crippen molar-refractivity contribution in [3.63, 3.8) is 0 Å². The third kappa shape index (κ3) is 3.27. The summed E-state index contributed by atoms with van der Waals surface area (Å²) in [5.41, 5.74) is 1.12. The van der Waals surface area contributed by atoms with Crippen LogP contribution in [0.5, 0.6) is 0 Å². The molecule has 1 rings (SSSR count). The van der Waals surface area contributed by atoms with Crippen molar-refractivity contribution in [3.05, 3.63) is 24.3 Å². The molecule has 1 radical (unpaired) electrons. The lowest BCUT2D eigenvalue weighted by Crippen LogP contribution is -2.37. The van der Waals surface area contributed by atoms with E-state index in [1.165, 1.54) is 0 Å². The smallest absolute Gasteiger partial charge is 0.265 e. The van der Waals surface area contributed by atoms with E-state index in [1.54, 1.807) is 6.08 Å². The number of allylic oxidation sites excluding steroid dienone is 2. The molecule has 1 saturated heterocycles. The second kappa shape index (κ2) is 5.42. The highest BCUT2D eigenvalue weighted by Crippen LogP contribution is 2.66. The highest BCUT2D eigenvalue weighted by atomic mass is 35.7. The van der Waals surface area contributed by atoms with Crippen LogP contribution in [0.2, 0.25) is 0 Å². The van der Waals surface area contributed by atoms with Gasteiger partial charge in [0.25, 0.3) is 7.22 Å². The summed E-state index contributed by atoms with van der Waals surface area (Å²) in [6.07, 6.45) is 4.57. The van der Waals surface area contributed by atoms with Gasteiger partial charge in [-0.2, -0.15) is 0 Å². The van der Waals surface area contributed by atoms with E-state index < -0.39 is 7.22 Å². The van der Waals surface area contributed by atoms with Gasteiger partial charge in [-0.15, -0.1) is 0 Å². The van der Waals surface area contributed by atoms with Gasteiger partial charge in [0.1, 0.15) is 0 Å². The van der Waals surface area contributed by atoms with Crippen LogP contribution in [-0.4, -0.2) is 28.8 Å². The molecule has 1 fully saturated rings. The molecule has 0 amide bonds. The predicted octanol–water partition coefficient (Wildman–Crippen LogP) is 3.14. The molecule has 2 unspecified atom stereocenters. The van der Waals surface area contributed by atoms with Gasteiger partial charge in [-0.05, 0) is 31.5 Å². The van der Waals surface area contributed by atoms with Crippen LogP contribution in [0.15, 0.2) is 24.3 Å². The van der Waals surface area contributed by atoms with Gasteiger partial charge in [-0.1, -0.05) is 24.3 Å². The highest BCUT2D eigenvalue weighted by Gasteiger charge is 2.38. The fraction of sp³-hybridized carbons (Fsp3) is 0.600. The molecule has 0 aliphatic carbocycles. The first-order chi connectivity index (χ1) is 6.99. The Morgan fingerprint density at radius 1 is 1.73 bits per heavy atom. The summed E-state index contributed by atoms with van der Waals surface area (Å²) in [5.74, 6) is 0. The summed E-state index contributed by atoms with van der Waals surface area (Å²) in [6.45, 7) is 8.98. The number of hydrogen-bond donors (Lipinski definition) is 1. The quantitative estimate of drug-likeness (QED) is 0.617. The van der Waals surface area contributed by atoms with E-state index in [2.05, 4.69) is 6.58 Å². The van der Waals surface area contributed by atoms with Crippen LogP contribution in [0.4, 0.5) is 0 Å². The van der Waals surface area contributed by atoms with Gasteiger partial charge >= 0.3 is 0 Å². The second-order valence-corrected chi connectivity index (χ2v) is 6.68. The average molecular weight is 251 g/mol. The zero-order valence-electron chi connectivity index (χ0n) is 9.19. The maximum Gasteiger partial charge on any atom is 0.265 e. The van der Waals surface area contributed by atoms with E-state index in [9.17, 15) is 4.89 Å². The Hall–Kier alpha value is 0.0800. The molecule has 1 heterocycles. The van der Waals surface area contributed by atoms with E-state index in [4.69, 9.17) is 15.8 Å². The van der Waals surface area contributed by atoms with Crippen LogP contribution in [0.3, 0.4) is 0 Å². The summed E-state index contributed by atoms with van der Waals surface area (Å²) >= 11 is 5.99. The lowest BCUT2D eigenvalue weighted by Gasteiger charge is -2.42. The van der Waals surface area contributed by atoms with Gasteiger partial charge in [-0.25, -0.2) is 4.67 Å². The maximum absolute atomic E-state index is 9.95. The molecule has 2 atom stereocenters. The van der Waals surface area contributed by atoms with Gasteiger partial charge < -0.3 is 9.42 Å². The first kappa shape index (κ1) is 13.1. The molecule has 87 valence electrons. The Labute approximate surface area is 96.7 Å². The fourth-order valence-electron chi connectivity index (χ4n) is 1.57. The van der Waals surface area contributed by atoms with Gasteiger partial charge in [-0.3, -0.25) is 0 Å². The first-order valence-electron chi connectivity index (χ1n) is 5.01. The minimum atomic E-state index is -2.85. The van der Waals surface area contributed by atoms with Crippen molar-refractivity contribution in [2.75, 3.05) is 13.2 Å². The van der Waals surface area contributed by atoms with E-state index in [1.807, 2.05) is 24.6 Å². The maximum atomic E-state index is 9.95. The Kier molecular flexibility index (Phi) is 4.75. The number of nitrogens with zero attached hydrogens (tertiary/aromatic N) is 1. The SMILES string of the molecule is C=CC=C(C)C(C)N1CCCO[P]1(O)Cl. The zero-order chi connectivity index (χ0) is 11.5. The first-order valence-corrected chi connectivity index (χ1v) is 7.53. The molecule has 1 aliphatic heterocycles. The van der Waals surface area contributed by atoms with E-state index in [-0.39, 0.29) is 6.04 Å². The van der Waals surface area contributed by atoms with Crippen molar-refractivity contribution >= 4 is 18.5 Å². The Bertz CT molecular complexity index is 268. The molecule has 0 saturated carbocycles. The Balaban J connectivity index is 2.76. The molecule has 0 bridgehead atoms. The summed E-state index contributed by atoms with van der Waals surface area (Å²) in [7, 11) is -2.85. The number of hydrogen-bond acceptors (Lipinski definition) is 3. The lowest BCUT2D eigenvalue weighted by molar-refractivity contribution is 0.181. The van der Waals surface area contributed by atoms with Gasteiger partial charge in [0.2, 0.25) is 0 Å². The molecular weight excluding hydrogens is 233 g/mol. The minimum Gasteiger partial charge on any atom is -0.333 e. The van der Waals surface area contributed by atoms with Crippen LogP contribution >= 0.6 is 18.5 Å². The third-order valence-electron chi connectivity index (χ3n) is 2.59. The van der Waals surface area contributed by atoms with Crippen LogP contribution in [0.25, 0.3) is 0 Å². The normalized spacial score (nSPS) is 31.3. The molecule has 3 nitrogen and oxygen atoms in total. The topological polar surface area (TPSA) is 32.7 Å². The molecule has 0 aromatic rings. The molecule has 0 aromatic carbocycles. The molecule has 0 spiro atoms. The average Bonchev–Trinajstić information content (AvgIpc) is 2.16. The van der Waals surface area contributed by atoms with Crippen LogP contribution in [0, 0.1) is 0 Å². The standard InChI is InChI=1S/C10H18ClNO2P/c1-4-6-9(2)10(3)12-7-5-8-14-15(12,11)13/h4,6,10,13H,1,5,7-8H2,2-3H3. The largest absolute Gasteiger partial charge is 0.333 e. The van der Waals surface area contributed by atoms with Gasteiger partial charge in [0.15, 0.2) is 0 Å². The van der Waals surface area contributed by atoms with Crippen LogP contribution in [0.1, 0.15) is 20.3 Å². The predicted molar refractivity (Wildman–Crippen MR) is 65.7 cm³/mol. The fourth-order valence-corrected chi connectivity index (χ4v) is 3.91. The van der Waals surface area contributed by atoms with Crippen molar-refractivity contribution in [2.24, 2.45) is 0 Å². The molecule has 15 heavy (non-hydrogen) atoms. The molecule has 1 N–H and O–H groups in total. The van der Waals surface area contributed by atoms with Crippen molar-refractivity contribution in [3.8, 4) is 0 Å². The molecule has 0 aromatic heterocycles. The Morgan fingerprint density at radius 2 is 2.40 bits per heavy atom. The third-order valence-corrected chi connectivity index (χ3v) is 5.16. The van der Waals surface area contributed by atoms with Crippen molar-refractivity contribution in [1.82, 2.24) is 4.67 Å². The van der Waals surface area contributed by atoms with Crippen LogP contribution in [-0.2, 0) is 4.52 Å². The van der Waals surface area contributed by atoms with Gasteiger partial charge in [0, 0.05) is 12.6 Å². The lowest BCUT2D eigenvalue weighted by atomic mass is 10.1. The second-order valence-electron chi connectivity index (χ2n) is 3.65. The molecule has 1 aliphatic rings. The van der Waals surface area contributed by atoms with E-state index >= 15 is 0 Å². The summed E-state index contributed by atoms with van der Waals surface area (Å²) in [6, 6.07) is 0.0825. The zero-order valence-corrected chi connectivity index (χ0v) is 10.8. The summed E-state index contributed by atoms with van der Waals surface area (Å²) in [5, 5.41) is 0. The monoisotopic (exact) mass is 250 g/mol. The van der Waals surface area contributed by atoms with E-state index in [0.717, 1.165) is 18.5 Å². The number of halogens is 1. The highest BCUT2D eigenvalue weighted by molar-refractivity contribution is 7.88. The van der Waals surface area contributed by atoms with E-state index in [0.29, 0.717) is 6.61 Å². The summed E-state index contributed by atoms with van der Waals surface area (Å²) in [4.78, 5) is 9.95. The van der Waals surface area contributed by atoms with Crippen molar-refractivity contribution in [1.29, 1.82) is 0 Å². The van der Waals surface area contributed by atoms with Crippen molar-refractivity contribution < 1.29 is 9.42 Å². The van der Waals surface area contributed by atoms with Crippen LogP contribution < -0.4 is 0 Å². The molecular formula is C10H18ClNO2P. The summed E-state index contributed by atoms with van der Waals surface area (Å²) < 4.78 is 7.07.